The van der Waals surface area contributed by atoms with Crippen molar-refractivity contribution < 1.29 is 0 Å². The van der Waals surface area contributed by atoms with E-state index >= 15 is 0 Å². The second kappa shape index (κ2) is 5.12. The molecular weight excluding hydrogens is 176 g/mol. The van der Waals surface area contributed by atoms with Crippen molar-refractivity contribution in [2.45, 2.75) is 25.4 Å². The van der Waals surface area contributed by atoms with E-state index in [9.17, 15) is 0 Å². The highest BCUT2D eigenvalue weighted by atomic mass is 15.3. The molecule has 0 radical (unpaired) electrons. The van der Waals surface area contributed by atoms with Gasteiger partial charge in [0.05, 0.1) is 6.54 Å². The SMILES string of the molecule is c1cnn(CCNC2CCCNC2)c1. The number of aromatic nitrogens is 2. The summed E-state index contributed by atoms with van der Waals surface area (Å²) in [5, 5.41) is 11.1. The number of hydrogen-bond donors (Lipinski definition) is 2. The van der Waals surface area contributed by atoms with Gasteiger partial charge in [-0.15, -0.1) is 0 Å². The van der Waals surface area contributed by atoms with Crippen molar-refractivity contribution in [2.75, 3.05) is 19.6 Å². The molecule has 2 rings (SSSR count). The lowest BCUT2D eigenvalue weighted by molar-refractivity contribution is 0.380. The van der Waals surface area contributed by atoms with Gasteiger partial charge < -0.3 is 10.6 Å². The first-order valence-corrected chi connectivity index (χ1v) is 5.37. The van der Waals surface area contributed by atoms with Gasteiger partial charge in [-0.3, -0.25) is 4.68 Å². The summed E-state index contributed by atoms with van der Waals surface area (Å²) >= 11 is 0. The number of hydrogen-bond acceptors (Lipinski definition) is 3. The van der Waals surface area contributed by atoms with Gasteiger partial charge in [0.15, 0.2) is 0 Å². The third-order valence-electron chi connectivity index (χ3n) is 2.63. The maximum absolute atomic E-state index is 4.16. The van der Waals surface area contributed by atoms with Crippen LogP contribution in [0.25, 0.3) is 0 Å². The van der Waals surface area contributed by atoms with Crippen LogP contribution in [0.4, 0.5) is 0 Å². The summed E-state index contributed by atoms with van der Waals surface area (Å²) in [6, 6.07) is 2.61. The van der Waals surface area contributed by atoms with E-state index in [1.54, 1.807) is 0 Å². The predicted molar refractivity (Wildman–Crippen MR) is 56.1 cm³/mol. The minimum Gasteiger partial charge on any atom is -0.315 e. The number of piperidine rings is 1. The van der Waals surface area contributed by atoms with Crippen LogP contribution in [-0.4, -0.2) is 35.5 Å². The Morgan fingerprint density at radius 2 is 2.57 bits per heavy atom. The van der Waals surface area contributed by atoms with Crippen molar-refractivity contribution in [3.63, 3.8) is 0 Å². The highest BCUT2D eigenvalue weighted by molar-refractivity contribution is 4.79. The van der Waals surface area contributed by atoms with Crippen LogP contribution in [0.1, 0.15) is 12.8 Å². The summed E-state index contributed by atoms with van der Waals surface area (Å²) in [7, 11) is 0. The molecule has 0 aliphatic carbocycles. The van der Waals surface area contributed by atoms with Gasteiger partial charge in [0, 0.05) is 31.5 Å². The van der Waals surface area contributed by atoms with Crippen LogP contribution in [0.15, 0.2) is 18.5 Å². The zero-order chi connectivity index (χ0) is 9.64. The van der Waals surface area contributed by atoms with Crippen molar-refractivity contribution in [1.82, 2.24) is 20.4 Å². The lowest BCUT2D eigenvalue weighted by Crippen LogP contribution is -2.44. The summed E-state index contributed by atoms with van der Waals surface area (Å²) in [4.78, 5) is 0. The zero-order valence-electron chi connectivity index (χ0n) is 8.45. The molecule has 14 heavy (non-hydrogen) atoms. The molecule has 78 valence electrons. The van der Waals surface area contributed by atoms with Gasteiger partial charge >= 0.3 is 0 Å². The highest BCUT2D eigenvalue weighted by Gasteiger charge is 2.10. The van der Waals surface area contributed by atoms with Crippen LogP contribution >= 0.6 is 0 Å². The van der Waals surface area contributed by atoms with Gasteiger partial charge in [-0.2, -0.15) is 5.10 Å². The van der Waals surface area contributed by atoms with Gasteiger partial charge in [0.25, 0.3) is 0 Å². The average molecular weight is 194 g/mol. The second-order valence-corrected chi connectivity index (χ2v) is 3.77. The first-order chi connectivity index (χ1) is 6.95. The predicted octanol–water partition coefficient (Wildman–Crippen LogP) is 0.225. The fraction of sp³-hybridized carbons (Fsp3) is 0.700. The van der Waals surface area contributed by atoms with Gasteiger partial charge in [-0.1, -0.05) is 0 Å². The fourth-order valence-corrected chi connectivity index (χ4v) is 1.84. The first kappa shape index (κ1) is 9.68. The molecule has 1 aromatic heterocycles. The molecule has 1 unspecified atom stereocenters. The minimum atomic E-state index is 0.652. The Bertz CT molecular complexity index is 239. The maximum Gasteiger partial charge on any atom is 0.0534 e. The molecule has 0 aromatic carbocycles. The molecule has 1 aliphatic rings. The topological polar surface area (TPSA) is 41.9 Å². The lowest BCUT2D eigenvalue weighted by Gasteiger charge is -2.23. The molecule has 1 atom stereocenters. The maximum atomic E-state index is 4.16. The Morgan fingerprint density at radius 1 is 1.57 bits per heavy atom. The van der Waals surface area contributed by atoms with E-state index in [4.69, 9.17) is 0 Å². The van der Waals surface area contributed by atoms with Crippen LogP contribution in [0.2, 0.25) is 0 Å². The second-order valence-electron chi connectivity index (χ2n) is 3.77. The van der Waals surface area contributed by atoms with E-state index in [2.05, 4.69) is 15.7 Å². The number of nitrogens with zero attached hydrogens (tertiary/aromatic N) is 2. The third-order valence-corrected chi connectivity index (χ3v) is 2.63. The molecule has 0 spiro atoms. The molecule has 0 bridgehead atoms. The van der Waals surface area contributed by atoms with Crippen LogP contribution in [0.3, 0.4) is 0 Å². The molecule has 0 saturated carbocycles. The highest BCUT2D eigenvalue weighted by Crippen LogP contribution is 2.00. The molecule has 1 saturated heterocycles. The standard InChI is InChI=1S/C10H18N4/c1-3-10(9-11-4-1)12-6-8-14-7-2-5-13-14/h2,5,7,10-12H,1,3-4,6,8-9H2. The minimum absolute atomic E-state index is 0.652. The van der Waals surface area contributed by atoms with E-state index in [1.165, 1.54) is 19.4 Å². The van der Waals surface area contributed by atoms with Crippen LogP contribution in [0, 0.1) is 0 Å². The van der Waals surface area contributed by atoms with Gasteiger partial charge in [0.2, 0.25) is 0 Å². The summed E-state index contributed by atoms with van der Waals surface area (Å²) in [6.07, 6.45) is 6.41. The molecule has 0 amide bonds. The van der Waals surface area contributed by atoms with Crippen molar-refractivity contribution in [3.8, 4) is 0 Å². The van der Waals surface area contributed by atoms with Gasteiger partial charge in [0.1, 0.15) is 0 Å². The molecular formula is C10H18N4. The first-order valence-electron chi connectivity index (χ1n) is 5.37. The molecule has 1 fully saturated rings. The molecule has 1 aliphatic heterocycles. The molecule has 2 N–H and O–H groups in total. The molecule has 2 heterocycles. The number of nitrogens with one attached hydrogen (secondary N) is 2. The van der Waals surface area contributed by atoms with Crippen molar-refractivity contribution in [3.05, 3.63) is 18.5 Å². The molecule has 1 aromatic rings. The Balaban J connectivity index is 1.62. The average Bonchev–Trinajstić information content (AvgIpc) is 2.72. The summed E-state index contributed by atoms with van der Waals surface area (Å²) in [6.45, 7) is 4.26. The van der Waals surface area contributed by atoms with Gasteiger partial charge in [-0.05, 0) is 25.5 Å². The van der Waals surface area contributed by atoms with E-state index in [0.29, 0.717) is 6.04 Å². The Morgan fingerprint density at radius 3 is 3.29 bits per heavy atom. The van der Waals surface area contributed by atoms with E-state index < -0.39 is 0 Å². The third kappa shape index (κ3) is 2.82. The van der Waals surface area contributed by atoms with Crippen LogP contribution < -0.4 is 10.6 Å². The van der Waals surface area contributed by atoms with Crippen molar-refractivity contribution >= 4 is 0 Å². The summed E-state index contributed by atoms with van der Waals surface area (Å²) in [5.74, 6) is 0. The Labute approximate surface area is 84.7 Å². The lowest BCUT2D eigenvalue weighted by atomic mass is 10.1. The molecule has 4 nitrogen and oxygen atoms in total. The summed E-state index contributed by atoms with van der Waals surface area (Å²) in [5.41, 5.74) is 0. The van der Waals surface area contributed by atoms with E-state index in [1.807, 2.05) is 23.1 Å². The fourth-order valence-electron chi connectivity index (χ4n) is 1.84. The summed E-state index contributed by atoms with van der Waals surface area (Å²) < 4.78 is 1.96. The quantitative estimate of drug-likeness (QED) is 0.720. The Hall–Kier alpha value is -0.870. The van der Waals surface area contributed by atoms with Crippen molar-refractivity contribution in [1.29, 1.82) is 0 Å². The molecule has 4 heteroatoms. The smallest absolute Gasteiger partial charge is 0.0534 e. The van der Waals surface area contributed by atoms with E-state index in [0.717, 1.165) is 19.6 Å². The van der Waals surface area contributed by atoms with Crippen molar-refractivity contribution in [2.24, 2.45) is 0 Å². The zero-order valence-corrected chi connectivity index (χ0v) is 8.45. The Kier molecular flexibility index (Phi) is 3.54. The van der Waals surface area contributed by atoms with Crippen LogP contribution in [0.5, 0.6) is 0 Å². The number of rotatable bonds is 4. The van der Waals surface area contributed by atoms with Gasteiger partial charge in [-0.25, -0.2) is 0 Å². The van der Waals surface area contributed by atoms with Crippen LogP contribution in [-0.2, 0) is 6.54 Å². The van der Waals surface area contributed by atoms with E-state index in [-0.39, 0.29) is 0 Å². The monoisotopic (exact) mass is 194 g/mol. The largest absolute Gasteiger partial charge is 0.315 e. The normalized spacial score (nSPS) is 22.4.